The molecule has 0 unspecified atom stereocenters. The van der Waals surface area contributed by atoms with Crippen LogP contribution < -0.4 is 14.8 Å². The van der Waals surface area contributed by atoms with E-state index in [1.807, 2.05) is 72.8 Å². The number of nitrogens with one attached hydrogen (secondary N) is 1. The van der Waals surface area contributed by atoms with Gasteiger partial charge in [0.2, 0.25) is 0 Å². The van der Waals surface area contributed by atoms with Crippen LogP contribution in [0.1, 0.15) is 17.5 Å². The Morgan fingerprint density at radius 2 is 1.29 bits per heavy atom. The van der Waals surface area contributed by atoms with Crippen LogP contribution >= 0.6 is 0 Å². The van der Waals surface area contributed by atoms with Crippen LogP contribution in [0.4, 0.5) is 0 Å². The van der Waals surface area contributed by atoms with Gasteiger partial charge >= 0.3 is 0 Å². The van der Waals surface area contributed by atoms with Crippen LogP contribution in [0.15, 0.2) is 84.9 Å². The smallest absolute Gasteiger partial charge is 0.257 e. The quantitative estimate of drug-likeness (QED) is 0.535. The Labute approximate surface area is 166 Å². The third-order valence-corrected chi connectivity index (χ3v) is 4.25. The van der Waals surface area contributed by atoms with E-state index in [1.165, 1.54) is 5.56 Å². The highest BCUT2D eigenvalue weighted by atomic mass is 16.5. The Kier molecular flexibility index (Phi) is 7.50. The van der Waals surface area contributed by atoms with Gasteiger partial charge in [-0.05, 0) is 48.2 Å². The summed E-state index contributed by atoms with van der Waals surface area (Å²) in [6.07, 6.45) is 1.86. The molecule has 0 atom stereocenters. The molecule has 0 aliphatic rings. The maximum Gasteiger partial charge on any atom is 0.257 e. The highest BCUT2D eigenvalue weighted by Crippen LogP contribution is 2.18. The van der Waals surface area contributed by atoms with Gasteiger partial charge in [-0.3, -0.25) is 4.79 Å². The van der Waals surface area contributed by atoms with E-state index >= 15 is 0 Å². The molecule has 3 rings (SSSR count). The van der Waals surface area contributed by atoms with Crippen LogP contribution in [0.2, 0.25) is 0 Å². The SMILES string of the molecule is O=C(COc1ccc(OCc2ccccc2)cc1)NCCCc1ccccc1. The van der Waals surface area contributed by atoms with Crippen LogP contribution in [0.25, 0.3) is 0 Å². The van der Waals surface area contributed by atoms with E-state index in [-0.39, 0.29) is 12.5 Å². The lowest BCUT2D eigenvalue weighted by Gasteiger charge is -2.09. The molecule has 0 radical (unpaired) electrons. The molecule has 0 spiro atoms. The number of carbonyl (C=O) groups excluding carboxylic acids is 1. The summed E-state index contributed by atoms with van der Waals surface area (Å²) in [5, 5.41) is 2.88. The summed E-state index contributed by atoms with van der Waals surface area (Å²) in [5.41, 5.74) is 2.40. The van der Waals surface area contributed by atoms with E-state index < -0.39 is 0 Å². The van der Waals surface area contributed by atoms with Crippen molar-refractivity contribution in [2.45, 2.75) is 19.4 Å². The first-order chi connectivity index (χ1) is 13.8. The lowest BCUT2D eigenvalue weighted by Crippen LogP contribution is -2.29. The number of rotatable bonds is 10. The van der Waals surface area contributed by atoms with Crippen LogP contribution in [0.3, 0.4) is 0 Å². The van der Waals surface area contributed by atoms with Gasteiger partial charge < -0.3 is 14.8 Å². The average Bonchev–Trinajstić information content (AvgIpc) is 2.76. The summed E-state index contributed by atoms with van der Waals surface area (Å²) in [6.45, 7) is 1.17. The zero-order valence-electron chi connectivity index (χ0n) is 15.8. The van der Waals surface area contributed by atoms with Gasteiger partial charge in [0, 0.05) is 6.54 Å². The summed E-state index contributed by atoms with van der Waals surface area (Å²) < 4.78 is 11.3. The Balaban J connectivity index is 1.32. The second kappa shape index (κ2) is 10.8. The molecular weight excluding hydrogens is 350 g/mol. The van der Waals surface area contributed by atoms with Crippen molar-refractivity contribution in [3.8, 4) is 11.5 Å². The Morgan fingerprint density at radius 1 is 0.714 bits per heavy atom. The van der Waals surface area contributed by atoms with Crippen molar-refractivity contribution >= 4 is 5.91 Å². The number of hydrogen-bond acceptors (Lipinski definition) is 3. The minimum atomic E-state index is -0.113. The Hall–Kier alpha value is -3.27. The molecule has 0 bridgehead atoms. The molecule has 4 heteroatoms. The Morgan fingerprint density at radius 3 is 1.93 bits per heavy atom. The molecule has 0 fully saturated rings. The molecule has 0 heterocycles. The van der Waals surface area contributed by atoms with Crippen LogP contribution in [-0.4, -0.2) is 19.1 Å². The van der Waals surface area contributed by atoms with Gasteiger partial charge in [0.1, 0.15) is 18.1 Å². The highest BCUT2D eigenvalue weighted by Gasteiger charge is 2.03. The highest BCUT2D eigenvalue weighted by molar-refractivity contribution is 5.77. The number of hydrogen-bond donors (Lipinski definition) is 1. The van der Waals surface area contributed by atoms with Crippen molar-refractivity contribution in [3.63, 3.8) is 0 Å². The van der Waals surface area contributed by atoms with Crippen LogP contribution in [0, 0.1) is 0 Å². The van der Waals surface area contributed by atoms with Crippen molar-refractivity contribution in [1.29, 1.82) is 0 Å². The second-order valence-electron chi connectivity index (χ2n) is 6.47. The van der Waals surface area contributed by atoms with Crippen LogP contribution in [0.5, 0.6) is 11.5 Å². The van der Waals surface area contributed by atoms with E-state index in [1.54, 1.807) is 0 Å². The van der Waals surface area contributed by atoms with Crippen molar-refractivity contribution in [1.82, 2.24) is 5.32 Å². The monoisotopic (exact) mass is 375 g/mol. The number of carbonyl (C=O) groups is 1. The van der Waals surface area contributed by atoms with E-state index in [2.05, 4.69) is 17.4 Å². The van der Waals surface area contributed by atoms with E-state index in [0.29, 0.717) is 18.9 Å². The summed E-state index contributed by atoms with van der Waals surface area (Å²) >= 11 is 0. The van der Waals surface area contributed by atoms with Gasteiger partial charge in [-0.25, -0.2) is 0 Å². The maximum atomic E-state index is 11.9. The molecular formula is C24H25NO3. The van der Waals surface area contributed by atoms with E-state index in [9.17, 15) is 4.79 Å². The maximum absolute atomic E-state index is 11.9. The molecule has 4 nitrogen and oxygen atoms in total. The molecule has 3 aromatic rings. The standard InChI is InChI=1S/C24H25NO3/c26-24(25-17-7-12-20-8-3-1-4-9-20)19-28-23-15-13-22(14-16-23)27-18-21-10-5-2-6-11-21/h1-6,8-11,13-16H,7,12,17-19H2,(H,25,26). The minimum absolute atomic E-state index is 0.00948. The fourth-order valence-corrected chi connectivity index (χ4v) is 2.74. The average molecular weight is 375 g/mol. The lowest BCUT2D eigenvalue weighted by molar-refractivity contribution is -0.123. The normalized spacial score (nSPS) is 10.3. The fraction of sp³-hybridized carbons (Fsp3) is 0.208. The van der Waals surface area contributed by atoms with Crippen molar-refractivity contribution in [2.24, 2.45) is 0 Å². The number of ether oxygens (including phenoxy) is 2. The molecule has 0 aromatic heterocycles. The molecule has 1 amide bonds. The summed E-state index contributed by atoms with van der Waals surface area (Å²) in [6, 6.07) is 27.6. The lowest BCUT2D eigenvalue weighted by atomic mass is 10.1. The molecule has 144 valence electrons. The van der Waals surface area contributed by atoms with E-state index in [0.717, 1.165) is 24.2 Å². The molecule has 0 saturated heterocycles. The number of benzene rings is 3. The number of aryl methyl sites for hydroxylation is 1. The van der Waals surface area contributed by atoms with E-state index in [4.69, 9.17) is 9.47 Å². The summed E-state index contributed by atoms with van der Waals surface area (Å²) in [7, 11) is 0. The predicted molar refractivity (Wildman–Crippen MR) is 110 cm³/mol. The van der Waals surface area contributed by atoms with Gasteiger partial charge in [-0.15, -0.1) is 0 Å². The third-order valence-electron chi connectivity index (χ3n) is 4.25. The molecule has 3 aromatic carbocycles. The topological polar surface area (TPSA) is 47.6 Å². The van der Waals surface area contributed by atoms with Crippen molar-refractivity contribution in [3.05, 3.63) is 96.1 Å². The zero-order valence-corrected chi connectivity index (χ0v) is 15.8. The van der Waals surface area contributed by atoms with Gasteiger partial charge in [0.05, 0.1) is 0 Å². The first-order valence-corrected chi connectivity index (χ1v) is 9.50. The van der Waals surface area contributed by atoms with Gasteiger partial charge in [0.25, 0.3) is 5.91 Å². The molecule has 1 N–H and O–H groups in total. The molecule has 28 heavy (non-hydrogen) atoms. The largest absolute Gasteiger partial charge is 0.489 e. The summed E-state index contributed by atoms with van der Waals surface area (Å²) in [4.78, 5) is 11.9. The second-order valence-corrected chi connectivity index (χ2v) is 6.47. The predicted octanol–water partition coefficient (Wildman–Crippen LogP) is 4.39. The fourth-order valence-electron chi connectivity index (χ4n) is 2.74. The first kappa shape index (κ1) is 19.5. The van der Waals surface area contributed by atoms with Gasteiger partial charge in [-0.1, -0.05) is 60.7 Å². The molecule has 0 aliphatic carbocycles. The molecule has 0 saturated carbocycles. The van der Waals surface area contributed by atoms with Crippen molar-refractivity contribution < 1.29 is 14.3 Å². The zero-order chi connectivity index (χ0) is 19.4. The third kappa shape index (κ3) is 6.80. The first-order valence-electron chi connectivity index (χ1n) is 9.50. The minimum Gasteiger partial charge on any atom is -0.489 e. The van der Waals surface area contributed by atoms with Gasteiger partial charge in [-0.2, -0.15) is 0 Å². The van der Waals surface area contributed by atoms with Gasteiger partial charge in [0.15, 0.2) is 6.61 Å². The van der Waals surface area contributed by atoms with Crippen molar-refractivity contribution in [2.75, 3.05) is 13.2 Å². The summed E-state index contributed by atoms with van der Waals surface area (Å²) in [5.74, 6) is 1.30. The molecule has 0 aliphatic heterocycles. The Bertz CT molecular complexity index is 833. The number of amides is 1. The van der Waals surface area contributed by atoms with Crippen LogP contribution in [-0.2, 0) is 17.8 Å².